The fraction of sp³-hybridized carbons (Fsp3) is 0.588. The van der Waals surface area contributed by atoms with Crippen molar-refractivity contribution in [1.82, 2.24) is 4.90 Å². The molecule has 1 heterocycles. The molecule has 2 rings (SSSR count). The van der Waals surface area contributed by atoms with Crippen LogP contribution in [0.15, 0.2) is 18.2 Å². The van der Waals surface area contributed by atoms with Crippen LogP contribution in [0, 0.1) is 12.7 Å². The lowest BCUT2D eigenvalue weighted by molar-refractivity contribution is 0.0186. The number of amides is 1. The van der Waals surface area contributed by atoms with Gasteiger partial charge < -0.3 is 15.4 Å². The van der Waals surface area contributed by atoms with Gasteiger partial charge in [-0.15, -0.1) is 0 Å². The fourth-order valence-electron chi connectivity index (χ4n) is 2.79. The van der Waals surface area contributed by atoms with E-state index in [4.69, 9.17) is 10.5 Å². The molecule has 1 aromatic rings. The molecule has 1 aliphatic rings. The predicted octanol–water partition coefficient (Wildman–Crippen LogP) is 3.19. The topological polar surface area (TPSA) is 55.6 Å². The van der Waals surface area contributed by atoms with Gasteiger partial charge in [-0.05, 0) is 51.3 Å². The molecule has 1 fully saturated rings. The maximum Gasteiger partial charge on any atom is 0.410 e. The molecule has 1 aliphatic heterocycles. The molecule has 22 heavy (non-hydrogen) atoms. The molecule has 1 saturated heterocycles. The zero-order chi connectivity index (χ0) is 16.5. The Kier molecular flexibility index (Phi) is 4.75. The summed E-state index contributed by atoms with van der Waals surface area (Å²) in [5.74, 6) is -0.0681. The first kappa shape index (κ1) is 16.7. The van der Waals surface area contributed by atoms with Crippen molar-refractivity contribution in [2.75, 3.05) is 13.1 Å². The van der Waals surface area contributed by atoms with Crippen LogP contribution in [0.4, 0.5) is 9.18 Å². The summed E-state index contributed by atoms with van der Waals surface area (Å²) < 4.78 is 18.8. The molecule has 0 saturated carbocycles. The van der Waals surface area contributed by atoms with Gasteiger partial charge >= 0.3 is 6.09 Å². The van der Waals surface area contributed by atoms with Crippen LogP contribution >= 0.6 is 0 Å². The van der Waals surface area contributed by atoms with Crippen LogP contribution in [-0.2, 0) is 4.74 Å². The summed E-state index contributed by atoms with van der Waals surface area (Å²) in [6.07, 6.45) is 0.433. The van der Waals surface area contributed by atoms with Crippen LogP contribution in [0.1, 0.15) is 44.2 Å². The molecule has 0 aromatic heterocycles. The monoisotopic (exact) mass is 308 g/mol. The van der Waals surface area contributed by atoms with E-state index in [0.717, 1.165) is 12.0 Å². The molecule has 1 aromatic carbocycles. The Balaban J connectivity index is 2.03. The van der Waals surface area contributed by atoms with E-state index < -0.39 is 5.60 Å². The number of rotatable bonds is 1. The number of nitrogens with zero attached hydrogens (tertiary/aromatic N) is 1. The van der Waals surface area contributed by atoms with Crippen molar-refractivity contribution in [2.45, 2.75) is 51.7 Å². The number of aryl methyl sites for hydroxylation is 1. The molecule has 0 spiro atoms. The van der Waals surface area contributed by atoms with E-state index in [1.165, 1.54) is 6.07 Å². The number of likely N-dealkylation sites (tertiary alicyclic amines) is 1. The molecule has 0 aliphatic carbocycles. The molecule has 2 N–H and O–H groups in total. The van der Waals surface area contributed by atoms with Crippen LogP contribution in [0.25, 0.3) is 0 Å². The molecular weight excluding hydrogens is 283 g/mol. The third-order valence-corrected chi connectivity index (χ3v) is 3.92. The first-order valence-electron chi connectivity index (χ1n) is 7.67. The average molecular weight is 308 g/mol. The van der Waals surface area contributed by atoms with Crippen molar-refractivity contribution in [3.63, 3.8) is 0 Å². The van der Waals surface area contributed by atoms with Crippen molar-refractivity contribution in [3.8, 4) is 0 Å². The summed E-state index contributed by atoms with van der Waals surface area (Å²) in [6, 6.07) is 4.95. The normalized spacial score (nSPS) is 22.5. The van der Waals surface area contributed by atoms with Crippen molar-refractivity contribution >= 4 is 6.09 Å². The minimum absolute atomic E-state index is 0.137. The highest BCUT2D eigenvalue weighted by Gasteiger charge is 2.32. The fourth-order valence-corrected chi connectivity index (χ4v) is 2.79. The second-order valence-electron chi connectivity index (χ2n) is 6.99. The Bertz CT molecular complexity index is 554. The third kappa shape index (κ3) is 3.97. The quantitative estimate of drug-likeness (QED) is 0.867. The van der Waals surface area contributed by atoms with Gasteiger partial charge in [-0.1, -0.05) is 12.1 Å². The maximum absolute atomic E-state index is 13.4. The Morgan fingerprint density at radius 3 is 2.64 bits per heavy atom. The Morgan fingerprint density at radius 1 is 1.41 bits per heavy atom. The van der Waals surface area contributed by atoms with Crippen molar-refractivity contribution < 1.29 is 13.9 Å². The lowest BCUT2D eigenvalue weighted by Crippen LogP contribution is -2.50. The minimum atomic E-state index is -0.508. The van der Waals surface area contributed by atoms with Gasteiger partial charge in [-0.2, -0.15) is 0 Å². The summed E-state index contributed by atoms with van der Waals surface area (Å²) in [7, 11) is 0. The van der Waals surface area contributed by atoms with Crippen molar-refractivity contribution in [3.05, 3.63) is 35.1 Å². The summed E-state index contributed by atoms with van der Waals surface area (Å²) in [4.78, 5) is 13.8. The minimum Gasteiger partial charge on any atom is -0.444 e. The van der Waals surface area contributed by atoms with Crippen LogP contribution in [0.2, 0.25) is 0 Å². The first-order valence-corrected chi connectivity index (χ1v) is 7.67. The van der Waals surface area contributed by atoms with Gasteiger partial charge in [0.25, 0.3) is 0 Å². The zero-order valence-corrected chi connectivity index (χ0v) is 13.7. The van der Waals surface area contributed by atoms with E-state index >= 15 is 0 Å². The van der Waals surface area contributed by atoms with Crippen molar-refractivity contribution in [1.29, 1.82) is 0 Å². The molecule has 0 bridgehead atoms. The summed E-state index contributed by atoms with van der Waals surface area (Å²) in [5, 5.41) is 0. The molecule has 1 amide bonds. The van der Waals surface area contributed by atoms with E-state index in [2.05, 4.69) is 0 Å². The third-order valence-electron chi connectivity index (χ3n) is 3.92. The summed E-state index contributed by atoms with van der Waals surface area (Å²) in [6.45, 7) is 8.34. The summed E-state index contributed by atoms with van der Waals surface area (Å²) in [5.41, 5.74) is 7.40. The number of piperidine rings is 1. The van der Waals surface area contributed by atoms with Crippen LogP contribution < -0.4 is 5.73 Å². The number of benzene rings is 1. The second kappa shape index (κ2) is 6.24. The van der Waals surface area contributed by atoms with Gasteiger partial charge in [0.1, 0.15) is 11.4 Å². The lowest BCUT2D eigenvalue weighted by Gasteiger charge is -2.37. The van der Waals surface area contributed by atoms with E-state index in [-0.39, 0.29) is 23.9 Å². The van der Waals surface area contributed by atoms with Gasteiger partial charge in [-0.3, -0.25) is 0 Å². The number of hydrogen-bond acceptors (Lipinski definition) is 3. The first-order chi connectivity index (χ1) is 10.2. The van der Waals surface area contributed by atoms with E-state index in [9.17, 15) is 9.18 Å². The number of ether oxygens (including phenoxy) is 1. The second-order valence-corrected chi connectivity index (χ2v) is 6.99. The average Bonchev–Trinajstić information content (AvgIpc) is 2.40. The number of halogens is 1. The lowest BCUT2D eigenvalue weighted by atomic mass is 9.85. The number of carbonyl (C=O) groups is 1. The number of hydrogen-bond donors (Lipinski definition) is 1. The van der Waals surface area contributed by atoms with Crippen LogP contribution in [0.3, 0.4) is 0 Å². The van der Waals surface area contributed by atoms with Gasteiger partial charge in [-0.25, -0.2) is 9.18 Å². The Hall–Kier alpha value is -1.62. The highest BCUT2D eigenvalue weighted by atomic mass is 19.1. The molecule has 122 valence electrons. The number of nitrogens with two attached hydrogens (primary N) is 1. The summed E-state index contributed by atoms with van der Waals surface area (Å²) >= 11 is 0. The largest absolute Gasteiger partial charge is 0.444 e. The Morgan fingerprint density at radius 2 is 2.09 bits per heavy atom. The van der Waals surface area contributed by atoms with E-state index in [1.807, 2.05) is 26.8 Å². The SMILES string of the molecule is Cc1cc([C@@H]2CCN(C(=O)OC(C)(C)C)C[C@H]2N)ccc1F. The van der Waals surface area contributed by atoms with Crippen LogP contribution in [0.5, 0.6) is 0 Å². The molecule has 5 heteroatoms. The van der Waals surface area contributed by atoms with Gasteiger partial charge in [0, 0.05) is 25.0 Å². The zero-order valence-electron chi connectivity index (χ0n) is 13.7. The van der Waals surface area contributed by atoms with Gasteiger partial charge in [0.15, 0.2) is 0 Å². The molecular formula is C17H25FN2O2. The van der Waals surface area contributed by atoms with Crippen molar-refractivity contribution in [2.24, 2.45) is 5.73 Å². The van der Waals surface area contributed by atoms with Crippen LogP contribution in [-0.4, -0.2) is 35.7 Å². The highest BCUT2D eigenvalue weighted by Crippen LogP contribution is 2.29. The predicted molar refractivity (Wildman–Crippen MR) is 84.3 cm³/mol. The van der Waals surface area contributed by atoms with Gasteiger partial charge in [0.05, 0.1) is 0 Å². The highest BCUT2D eigenvalue weighted by molar-refractivity contribution is 5.68. The maximum atomic E-state index is 13.4. The van der Waals surface area contributed by atoms with Gasteiger partial charge in [0.2, 0.25) is 0 Å². The Labute approximate surface area is 131 Å². The molecule has 2 atom stereocenters. The standard InChI is InChI=1S/C17H25FN2O2/c1-11-9-12(5-6-14(11)18)13-7-8-20(10-15(13)19)16(21)22-17(2,3)4/h5-6,9,13,15H,7-8,10,19H2,1-4H3/t13-,15+/m0/s1. The molecule has 0 unspecified atom stereocenters. The number of carbonyl (C=O) groups excluding carboxylic acids is 1. The van der Waals surface area contributed by atoms with E-state index in [0.29, 0.717) is 18.7 Å². The smallest absolute Gasteiger partial charge is 0.410 e. The van der Waals surface area contributed by atoms with E-state index in [1.54, 1.807) is 17.9 Å². The molecule has 4 nitrogen and oxygen atoms in total. The molecule has 0 radical (unpaired) electrons.